The minimum atomic E-state index is -0.0702. The maximum absolute atomic E-state index is 12.9. The fourth-order valence-electron chi connectivity index (χ4n) is 3.45. The highest BCUT2D eigenvalue weighted by Crippen LogP contribution is 2.33. The van der Waals surface area contributed by atoms with Crippen molar-refractivity contribution < 1.29 is 9.59 Å². The van der Waals surface area contributed by atoms with Crippen molar-refractivity contribution >= 4 is 41.7 Å². The van der Waals surface area contributed by atoms with Crippen LogP contribution in [0.2, 0.25) is 0 Å². The molecule has 1 saturated heterocycles. The summed E-state index contributed by atoms with van der Waals surface area (Å²) in [7, 11) is 0. The number of halogens is 1. The van der Waals surface area contributed by atoms with Crippen LogP contribution in [-0.2, 0) is 4.79 Å². The van der Waals surface area contributed by atoms with Crippen LogP contribution in [-0.4, -0.2) is 41.6 Å². The van der Waals surface area contributed by atoms with E-state index in [4.69, 9.17) is 5.73 Å². The molecule has 0 saturated carbocycles. The van der Waals surface area contributed by atoms with Crippen LogP contribution < -0.4 is 11.1 Å². The molecule has 0 unspecified atom stereocenters. The Bertz CT molecular complexity index is 831. The van der Waals surface area contributed by atoms with Crippen molar-refractivity contribution in [2.45, 2.75) is 16.9 Å². The smallest absolute Gasteiger partial charge is 0.254 e. The number of hydrogen-bond acceptors (Lipinski definition) is 4. The zero-order valence-corrected chi connectivity index (χ0v) is 15.7. The Balaban J connectivity index is 0.00000196. The number of hydrogen-bond donors (Lipinski definition) is 2. The van der Waals surface area contributed by atoms with Gasteiger partial charge in [0, 0.05) is 35.5 Å². The minimum Gasteiger partial charge on any atom is -0.336 e. The quantitative estimate of drug-likeness (QED) is 0.828. The van der Waals surface area contributed by atoms with E-state index in [1.165, 1.54) is 17.3 Å². The standard InChI is InChI=1S/C19H19N3O2S.ClH/c20-15-10-22(9-14(15)12-4-2-1-3-5-12)19(24)13-6-7-17-16(8-13)21-18(23)11-25-17;/h1-8,14-15H,9-11,20H2,(H,21,23);1H/t14-,15+;/m0./s1. The van der Waals surface area contributed by atoms with E-state index in [2.05, 4.69) is 17.4 Å². The molecule has 2 aromatic carbocycles. The van der Waals surface area contributed by atoms with E-state index in [1.807, 2.05) is 35.2 Å². The molecular formula is C19H20ClN3O2S. The van der Waals surface area contributed by atoms with Crippen LogP contribution in [0.3, 0.4) is 0 Å². The molecule has 5 nitrogen and oxygen atoms in total. The van der Waals surface area contributed by atoms with E-state index in [0.29, 0.717) is 24.4 Å². The van der Waals surface area contributed by atoms with Gasteiger partial charge in [0.2, 0.25) is 5.91 Å². The average molecular weight is 390 g/mol. The number of amides is 2. The lowest BCUT2D eigenvalue weighted by Crippen LogP contribution is -2.32. The molecule has 2 aromatic rings. The molecule has 26 heavy (non-hydrogen) atoms. The Labute approximate surface area is 162 Å². The van der Waals surface area contributed by atoms with Gasteiger partial charge >= 0.3 is 0 Å². The molecule has 2 atom stereocenters. The monoisotopic (exact) mass is 389 g/mol. The Hall–Kier alpha value is -2.02. The summed E-state index contributed by atoms with van der Waals surface area (Å²) in [5.41, 5.74) is 8.76. The van der Waals surface area contributed by atoms with Gasteiger partial charge in [-0.05, 0) is 23.8 Å². The molecule has 2 aliphatic rings. The summed E-state index contributed by atoms with van der Waals surface area (Å²) in [5.74, 6) is 0.494. The minimum absolute atomic E-state index is 0. The summed E-state index contributed by atoms with van der Waals surface area (Å²) in [5, 5.41) is 2.83. The highest BCUT2D eigenvalue weighted by atomic mass is 35.5. The van der Waals surface area contributed by atoms with Crippen LogP contribution in [0.4, 0.5) is 5.69 Å². The maximum atomic E-state index is 12.9. The van der Waals surface area contributed by atoms with Crippen LogP contribution in [0.5, 0.6) is 0 Å². The normalized spacial score (nSPS) is 21.6. The van der Waals surface area contributed by atoms with Gasteiger partial charge in [-0.2, -0.15) is 0 Å². The Morgan fingerprint density at radius 3 is 2.69 bits per heavy atom. The number of nitrogens with two attached hydrogens (primary N) is 1. The van der Waals surface area contributed by atoms with Crippen molar-refractivity contribution in [1.29, 1.82) is 0 Å². The van der Waals surface area contributed by atoms with Gasteiger partial charge in [-0.1, -0.05) is 30.3 Å². The molecule has 0 aromatic heterocycles. The van der Waals surface area contributed by atoms with E-state index in [0.717, 1.165) is 10.6 Å². The molecule has 0 bridgehead atoms. The van der Waals surface area contributed by atoms with Gasteiger partial charge < -0.3 is 16.0 Å². The third-order valence-electron chi connectivity index (χ3n) is 4.74. The molecule has 2 amide bonds. The van der Waals surface area contributed by atoms with E-state index in [9.17, 15) is 9.59 Å². The van der Waals surface area contributed by atoms with E-state index in [1.54, 1.807) is 6.07 Å². The number of benzene rings is 2. The second-order valence-corrected chi connectivity index (χ2v) is 7.46. The number of nitrogens with zero attached hydrogens (tertiary/aromatic N) is 1. The summed E-state index contributed by atoms with van der Waals surface area (Å²) in [4.78, 5) is 27.3. The highest BCUT2D eigenvalue weighted by molar-refractivity contribution is 8.00. The number of anilines is 1. The first-order valence-corrected chi connectivity index (χ1v) is 9.27. The van der Waals surface area contributed by atoms with Crippen molar-refractivity contribution in [2.75, 3.05) is 24.2 Å². The Morgan fingerprint density at radius 1 is 1.15 bits per heavy atom. The lowest BCUT2D eigenvalue weighted by molar-refractivity contribution is -0.113. The van der Waals surface area contributed by atoms with Crippen molar-refractivity contribution in [1.82, 2.24) is 4.90 Å². The van der Waals surface area contributed by atoms with Crippen molar-refractivity contribution in [2.24, 2.45) is 5.73 Å². The predicted molar refractivity (Wildman–Crippen MR) is 106 cm³/mol. The Morgan fingerprint density at radius 2 is 1.92 bits per heavy atom. The number of rotatable bonds is 2. The number of carbonyl (C=O) groups excluding carboxylic acids is 2. The zero-order chi connectivity index (χ0) is 17.4. The highest BCUT2D eigenvalue weighted by Gasteiger charge is 2.34. The molecule has 2 heterocycles. The van der Waals surface area contributed by atoms with Gasteiger partial charge in [-0.3, -0.25) is 9.59 Å². The third kappa shape index (κ3) is 3.58. The van der Waals surface area contributed by atoms with E-state index in [-0.39, 0.29) is 36.2 Å². The number of carbonyl (C=O) groups is 2. The lowest BCUT2D eigenvalue weighted by atomic mass is 9.95. The van der Waals surface area contributed by atoms with Gasteiger partial charge in [-0.25, -0.2) is 0 Å². The fraction of sp³-hybridized carbons (Fsp3) is 0.263. The lowest BCUT2D eigenvalue weighted by Gasteiger charge is -2.20. The Kier molecular flexibility index (Phi) is 5.55. The first-order chi connectivity index (χ1) is 12.1. The molecule has 0 spiro atoms. The van der Waals surface area contributed by atoms with Gasteiger partial charge in [0.25, 0.3) is 5.91 Å². The van der Waals surface area contributed by atoms with Gasteiger partial charge in [0.05, 0.1) is 11.4 Å². The third-order valence-corrected chi connectivity index (χ3v) is 5.81. The van der Waals surface area contributed by atoms with Crippen molar-refractivity contribution in [3.63, 3.8) is 0 Å². The fourth-order valence-corrected chi connectivity index (χ4v) is 4.23. The summed E-state index contributed by atoms with van der Waals surface area (Å²) in [6.07, 6.45) is 0. The zero-order valence-electron chi connectivity index (χ0n) is 14.1. The second-order valence-electron chi connectivity index (χ2n) is 6.44. The largest absolute Gasteiger partial charge is 0.336 e. The molecule has 2 aliphatic heterocycles. The molecule has 0 aliphatic carbocycles. The molecular weight excluding hydrogens is 370 g/mol. The van der Waals surface area contributed by atoms with Gasteiger partial charge in [0.15, 0.2) is 0 Å². The number of thioether (sulfide) groups is 1. The van der Waals surface area contributed by atoms with Crippen LogP contribution in [0.25, 0.3) is 0 Å². The molecule has 3 N–H and O–H groups in total. The first kappa shape index (κ1) is 18.8. The van der Waals surface area contributed by atoms with Crippen LogP contribution >= 0.6 is 24.2 Å². The molecule has 1 fully saturated rings. The first-order valence-electron chi connectivity index (χ1n) is 8.28. The molecule has 0 radical (unpaired) electrons. The maximum Gasteiger partial charge on any atom is 0.254 e. The van der Waals surface area contributed by atoms with Crippen molar-refractivity contribution in [3.8, 4) is 0 Å². The molecule has 7 heteroatoms. The topological polar surface area (TPSA) is 75.4 Å². The summed E-state index contributed by atoms with van der Waals surface area (Å²) >= 11 is 1.49. The summed E-state index contributed by atoms with van der Waals surface area (Å²) in [6.45, 7) is 1.15. The van der Waals surface area contributed by atoms with E-state index < -0.39 is 0 Å². The molecule has 4 rings (SSSR count). The predicted octanol–water partition coefficient (Wildman–Crippen LogP) is 2.72. The summed E-state index contributed by atoms with van der Waals surface area (Å²) in [6, 6.07) is 15.5. The van der Waals surface area contributed by atoms with Crippen LogP contribution in [0, 0.1) is 0 Å². The average Bonchev–Trinajstić information content (AvgIpc) is 3.03. The summed E-state index contributed by atoms with van der Waals surface area (Å²) < 4.78 is 0. The van der Waals surface area contributed by atoms with Gasteiger partial charge in [0.1, 0.15) is 0 Å². The number of likely N-dealkylation sites (tertiary alicyclic amines) is 1. The van der Waals surface area contributed by atoms with Crippen molar-refractivity contribution in [3.05, 3.63) is 59.7 Å². The number of fused-ring (bicyclic) bond motifs is 1. The van der Waals surface area contributed by atoms with Gasteiger partial charge in [-0.15, -0.1) is 24.2 Å². The number of nitrogens with one attached hydrogen (secondary N) is 1. The second kappa shape index (κ2) is 7.70. The van der Waals surface area contributed by atoms with E-state index >= 15 is 0 Å². The van der Waals surface area contributed by atoms with Crippen LogP contribution in [0.15, 0.2) is 53.4 Å². The SMILES string of the molecule is Cl.N[C@@H]1CN(C(=O)c2ccc3c(c2)NC(=O)CS3)C[C@H]1c1ccccc1. The molecule has 136 valence electrons. The van der Waals surface area contributed by atoms with Crippen LogP contribution in [0.1, 0.15) is 21.8 Å².